The lowest BCUT2D eigenvalue weighted by Crippen LogP contribution is -1.94. The fourth-order valence-corrected chi connectivity index (χ4v) is 1.50. The van der Waals surface area contributed by atoms with E-state index in [-0.39, 0.29) is 6.61 Å². The number of benzene rings is 2. The number of nitrogens with zero attached hydrogens (tertiary/aromatic N) is 1. The van der Waals surface area contributed by atoms with Gasteiger partial charge in [0.15, 0.2) is 0 Å². The highest BCUT2D eigenvalue weighted by molar-refractivity contribution is 5.80. The molecule has 0 amide bonds. The molecular formula is C16H14N2O. The summed E-state index contributed by atoms with van der Waals surface area (Å²) in [5.74, 6) is 3.17. The molecule has 0 aliphatic carbocycles. The van der Waals surface area contributed by atoms with Gasteiger partial charge >= 0.3 is 0 Å². The number of hydrogen-bond acceptors (Lipinski definition) is 3. The zero-order valence-corrected chi connectivity index (χ0v) is 10.4. The van der Waals surface area contributed by atoms with Crippen molar-refractivity contribution in [1.82, 2.24) is 0 Å². The average molecular weight is 250 g/mol. The topological polar surface area (TPSA) is 33.6 Å². The first kappa shape index (κ1) is 12.7. The van der Waals surface area contributed by atoms with Gasteiger partial charge in [0.1, 0.15) is 12.4 Å². The van der Waals surface area contributed by atoms with E-state index in [9.17, 15) is 0 Å². The van der Waals surface area contributed by atoms with E-state index >= 15 is 0 Å². The number of ether oxygens (including phenoxy) is 1. The predicted molar refractivity (Wildman–Crippen MR) is 78.4 cm³/mol. The van der Waals surface area contributed by atoms with Gasteiger partial charge in [0, 0.05) is 0 Å². The maximum atomic E-state index is 5.34. The van der Waals surface area contributed by atoms with E-state index in [1.54, 1.807) is 6.21 Å². The molecule has 94 valence electrons. The van der Waals surface area contributed by atoms with E-state index in [1.165, 1.54) is 0 Å². The minimum Gasteiger partial charge on any atom is -0.481 e. The summed E-state index contributed by atoms with van der Waals surface area (Å²) in [7, 11) is 0. The third-order valence-electron chi connectivity index (χ3n) is 2.36. The Balaban J connectivity index is 1.97. The van der Waals surface area contributed by atoms with Crippen molar-refractivity contribution in [2.75, 3.05) is 12.0 Å². The molecule has 0 aliphatic heterocycles. The highest BCUT2D eigenvalue weighted by Crippen LogP contribution is 2.12. The standard InChI is InChI=1S/C16H14N2O/c1-2-11-19-16-10-6-7-14(12-16)13-17-18-15-8-4-3-5-9-15/h1,3-10,12-13,18H,11H2. The zero-order chi connectivity index (χ0) is 13.3. The highest BCUT2D eigenvalue weighted by atomic mass is 16.5. The Kier molecular flexibility index (Phi) is 4.60. The van der Waals surface area contributed by atoms with Crippen LogP contribution in [0.15, 0.2) is 59.7 Å². The van der Waals surface area contributed by atoms with Crippen molar-refractivity contribution in [3.05, 3.63) is 60.2 Å². The molecule has 0 saturated heterocycles. The Morgan fingerprint density at radius 1 is 1.16 bits per heavy atom. The average Bonchev–Trinajstić information content (AvgIpc) is 2.47. The summed E-state index contributed by atoms with van der Waals surface area (Å²) >= 11 is 0. The molecular weight excluding hydrogens is 236 g/mol. The number of terminal acetylenes is 1. The van der Waals surface area contributed by atoms with Crippen LogP contribution in [0.4, 0.5) is 5.69 Å². The summed E-state index contributed by atoms with van der Waals surface area (Å²) in [6.45, 7) is 0.267. The summed E-state index contributed by atoms with van der Waals surface area (Å²) in [6, 6.07) is 17.3. The third kappa shape index (κ3) is 4.21. The second-order valence-electron chi connectivity index (χ2n) is 3.80. The van der Waals surface area contributed by atoms with E-state index in [2.05, 4.69) is 16.4 Å². The van der Waals surface area contributed by atoms with Crippen LogP contribution in [0.3, 0.4) is 0 Å². The van der Waals surface area contributed by atoms with E-state index < -0.39 is 0 Å². The summed E-state index contributed by atoms with van der Waals surface area (Å²) in [6.07, 6.45) is 6.88. The van der Waals surface area contributed by atoms with Gasteiger partial charge in [-0.15, -0.1) is 6.42 Å². The van der Waals surface area contributed by atoms with Crippen molar-refractivity contribution in [2.24, 2.45) is 5.10 Å². The van der Waals surface area contributed by atoms with Crippen molar-refractivity contribution in [3.8, 4) is 18.1 Å². The molecule has 0 fully saturated rings. The van der Waals surface area contributed by atoms with Gasteiger partial charge < -0.3 is 4.74 Å². The van der Waals surface area contributed by atoms with Crippen molar-refractivity contribution in [1.29, 1.82) is 0 Å². The van der Waals surface area contributed by atoms with Crippen LogP contribution < -0.4 is 10.2 Å². The van der Waals surface area contributed by atoms with Gasteiger partial charge in [-0.3, -0.25) is 5.43 Å². The van der Waals surface area contributed by atoms with Gasteiger partial charge in [0.2, 0.25) is 0 Å². The van der Waals surface area contributed by atoms with Crippen molar-refractivity contribution in [3.63, 3.8) is 0 Å². The maximum absolute atomic E-state index is 5.34. The first-order chi connectivity index (χ1) is 9.38. The van der Waals surface area contributed by atoms with Crippen LogP contribution in [0.2, 0.25) is 0 Å². The lowest BCUT2D eigenvalue weighted by molar-refractivity contribution is 0.370. The van der Waals surface area contributed by atoms with Crippen molar-refractivity contribution >= 4 is 11.9 Å². The molecule has 19 heavy (non-hydrogen) atoms. The molecule has 3 heteroatoms. The number of anilines is 1. The third-order valence-corrected chi connectivity index (χ3v) is 2.36. The van der Waals surface area contributed by atoms with Crippen LogP contribution in [0, 0.1) is 12.3 Å². The molecule has 2 rings (SSSR count). The molecule has 2 aromatic rings. The Morgan fingerprint density at radius 2 is 2.00 bits per heavy atom. The molecule has 2 aromatic carbocycles. The normalized spacial score (nSPS) is 10.1. The van der Waals surface area contributed by atoms with Crippen LogP contribution in [-0.2, 0) is 0 Å². The maximum Gasteiger partial charge on any atom is 0.148 e. The molecule has 0 radical (unpaired) electrons. The van der Waals surface area contributed by atoms with E-state index in [1.807, 2.05) is 54.6 Å². The van der Waals surface area contributed by atoms with Gasteiger partial charge in [-0.1, -0.05) is 36.3 Å². The lowest BCUT2D eigenvalue weighted by atomic mass is 10.2. The Morgan fingerprint density at radius 3 is 2.79 bits per heavy atom. The van der Waals surface area contributed by atoms with Crippen molar-refractivity contribution in [2.45, 2.75) is 0 Å². The monoisotopic (exact) mass is 250 g/mol. The minimum absolute atomic E-state index is 0.267. The van der Waals surface area contributed by atoms with Gasteiger partial charge in [0.05, 0.1) is 11.9 Å². The molecule has 0 bridgehead atoms. The predicted octanol–water partition coefficient (Wildman–Crippen LogP) is 3.14. The van der Waals surface area contributed by atoms with E-state index in [0.29, 0.717) is 0 Å². The molecule has 0 atom stereocenters. The Labute approximate surface area is 112 Å². The largest absolute Gasteiger partial charge is 0.481 e. The number of hydrogen-bond donors (Lipinski definition) is 1. The summed E-state index contributed by atoms with van der Waals surface area (Å²) in [5, 5.41) is 4.16. The van der Waals surface area contributed by atoms with Crippen LogP contribution in [0.1, 0.15) is 5.56 Å². The molecule has 1 N–H and O–H groups in total. The van der Waals surface area contributed by atoms with Crippen LogP contribution in [0.5, 0.6) is 5.75 Å². The SMILES string of the molecule is C#CCOc1cccc(C=NNc2ccccc2)c1. The second-order valence-corrected chi connectivity index (χ2v) is 3.80. The second kappa shape index (κ2) is 6.87. The fourth-order valence-electron chi connectivity index (χ4n) is 1.50. The van der Waals surface area contributed by atoms with Crippen LogP contribution in [0.25, 0.3) is 0 Å². The first-order valence-electron chi connectivity index (χ1n) is 5.89. The number of para-hydroxylation sites is 1. The molecule has 0 spiro atoms. The highest BCUT2D eigenvalue weighted by Gasteiger charge is 1.93. The molecule has 0 aromatic heterocycles. The minimum atomic E-state index is 0.267. The van der Waals surface area contributed by atoms with E-state index in [4.69, 9.17) is 11.2 Å². The fraction of sp³-hybridized carbons (Fsp3) is 0.0625. The van der Waals surface area contributed by atoms with Gasteiger partial charge in [-0.2, -0.15) is 5.10 Å². The van der Waals surface area contributed by atoms with Crippen molar-refractivity contribution < 1.29 is 4.74 Å². The van der Waals surface area contributed by atoms with Gasteiger partial charge in [0.25, 0.3) is 0 Å². The number of hydrazone groups is 1. The van der Waals surface area contributed by atoms with Gasteiger partial charge in [-0.25, -0.2) is 0 Å². The van der Waals surface area contributed by atoms with E-state index in [0.717, 1.165) is 17.0 Å². The lowest BCUT2D eigenvalue weighted by Gasteiger charge is -2.02. The number of rotatable bonds is 5. The summed E-state index contributed by atoms with van der Waals surface area (Å²) in [5.41, 5.74) is 4.84. The molecule has 0 saturated carbocycles. The molecule has 0 aliphatic rings. The molecule has 0 unspecified atom stereocenters. The Bertz CT molecular complexity index is 585. The smallest absolute Gasteiger partial charge is 0.148 e. The number of nitrogens with one attached hydrogen (secondary N) is 1. The zero-order valence-electron chi connectivity index (χ0n) is 10.4. The first-order valence-corrected chi connectivity index (χ1v) is 5.89. The van der Waals surface area contributed by atoms with Crippen LogP contribution in [-0.4, -0.2) is 12.8 Å². The molecule has 0 heterocycles. The van der Waals surface area contributed by atoms with Gasteiger partial charge in [-0.05, 0) is 29.8 Å². The molecule has 3 nitrogen and oxygen atoms in total. The summed E-state index contributed by atoms with van der Waals surface area (Å²) in [4.78, 5) is 0. The Hall–Kier alpha value is -2.73. The quantitative estimate of drug-likeness (QED) is 0.502. The van der Waals surface area contributed by atoms with Crippen LogP contribution >= 0.6 is 0 Å². The summed E-state index contributed by atoms with van der Waals surface area (Å²) < 4.78 is 5.34.